The number of nitrogens with one attached hydrogen (secondary N) is 1. The van der Waals surface area contributed by atoms with Crippen LogP contribution in [0.4, 0.5) is 0 Å². The fourth-order valence-corrected chi connectivity index (χ4v) is 2.53. The SMILES string of the molecule is CC(C)CCCC1(CNC(C)(C)C)CCC1. The van der Waals surface area contributed by atoms with E-state index in [1.165, 1.54) is 45.1 Å². The zero-order valence-corrected chi connectivity index (χ0v) is 12.0. The number of hydrogen-bond acceptors (Lipinski definition) is 1. The molecule has 0 aromatic carbocycles. The van der Waals surface area contributed by atoms with Crippen LogP contribution in [0.15, 0.2) is 0 Å². The van der Waals surface area contributed by atoms with Crippen LogP contribution in [0.25, 0.3) is 0 Å². The summed E-state index contributed by atoms with van der Waals surface area (Å²) < 4.78 is 0. The highest BCUT2D eigenvalue weighted by atomic mass is 15.0. The van der Waals surface area contributed by atoms with E-state index in [9.17, 15) is 0 Å². The summed E-state index contributed by atoms with van der Waals surface area (Å²) in [4.78, 5) is 0. The van der Waals surface area contributed by atoms with Gasteiger partial charge in [-0.15, -0.1) is 0 Å². The van der Waals surface area contributed by atoms with Crippen LogP contribution in [0.2, 0.25) is 0 Å². The average Bonchev–Trinajstić information content (AvgIpc) is 2.05. The van der Waals surface area contributed by atoms with E-state index in [0.717, 1.165) is 5.92 Å². The smallest absolute Gasteiger partial charge is 0.00967 e. The molecule has 0 aromatic heterocycles. The van der Waals surface area contributed by atoms with E-state index in [4.69, 9.17) is 0 Å². The summed E-state index contributed by atoms with van der Waals surface area (Å²) in [6, 6.07) is 0. The molecule has 0 atom stereocenters. The molecule has 0 spiro atoms. The van der Waals surface area contributed by atoms with Gasteiger partial charge in [-0.25, -0.2) is 0 Å². The van der Waals surface area contributed by atoms with Crippen LogP contribution in [0.5, 0.6) is 0 Å². The Balaban J connectivity index is 2.27. The van der Waals surface area contributed by atoms with Gasteiger partial charge in [0.25, 0.3) is 0 Å². The summed E-state index contributed by atoms with van der Waals surface area (Å²) >= 11 is 0. The zero-order valence-electron chi connectivity index (χ0n) is 12.0. The molecule has 0 heterocycles. The van der Waals surface area contributed by atoms with Crippen molar-refractivity contribution < 1.29 is 0 Å². The molecule has 1 N–H and O–H groups in total. The first kappa shape index (κ1) is 14.0. The molecule has 0 radical (unpaired) electrons. The van der Waals surface area contributed by atoms with Crippen molar-refractivity contribution in [2.75, 3.05) is 6.54 Å². The Morgan fingerprint density at radius 3 is 2.19 bits per heavy atom. The molecular formula is C15H31N. The first-order valence-electron chi connectivity index (χ1n) is 7.08. The van der Waals surface area contributed by atoms with Crippen molar-refractivity contribution in [2.24, 2.45) is 11.3 Å². The summed E-state index contributed by atoms with van der Waals surface area (Å²) in [6.07, 6.45) is 8.62. The minimum absolute atomic E-state index is 0.278. The standard InChI is InChI=1S/C15H31N/c1-13(2)8-6-9-15(10-7-11-15)12-16-14(3,4)5/h13,16H,6-12H2,1-5H3. The largest absolute Gasteiger partial charge is 0.312 e. The maximum Gasteiger partial charge on any atom is 0.00967 e. The molecule has 16 heavy (non-hydrogen) atoms. The molecule has 1 rings (SSSR count). The van der Waals surface area contributed by atoms with E-state index in [1.807, 2.05) is 0 Å². The van der Waals surface area contributed by atoms with Gasteiger partial charge in [0, 0.05) is 12.1 Å². The summed E-state index contributed by atoms with van der Waals surface area (Å²) in [7, 11) is 0. The third-order valence-corrected chi connectivity index (χ3v) is 3.90. The van der Waals surface area contributed by atoms with Crippen LogP contribution in [0.3, 0.4) is 0 Å². The summed E-state index contributed by atoms with van der Waals surface area (Å²) in [5, 5.41) is 3.70. The van der Waals surface area contributed by atoms with Crippen molar-refractivity contribution in [2.45, 2.75) is 78.7 Å². The van der Waals surface area contributed by atoms with Crippen LogP contribution in [0, 0.1) is 11.3 Å². The normalized spacial score (nSPS) is 19.9. The molecule has 1 nitrogen and oxygen atoms in total. The van der Waals surface area contributed by atoms with Crippen LogP contribution < -0.4 is 5.32 Å². The molecular weight excluding hydrogens is 194 g/mol. The molecule has 0 aliphatic heterocycles. The Kier molecular flexibility index (Phi) is 4.85. The highest BCUT2D eigenvalue weighted by molar-refractivity contribution is 4.91. The van der Waals surface area contributed by atoms with Crippen molar-refractivity contribution in [1.29, 1.82) is 0 Å². The van der Waals surface area contributed by atoms with E-state index in [2.05, 4.69) is 39.9 Å². The summed E-state index contributed by atoms with van der Waals surface area (Å²) in [5.74, 6) is 0.868. The summed E-state index contributed by atoms with van der Waals surface area (Å²) in [5.41, 5.74) is 0.933. The van der Waals surface area contributed by atoms with E-state index in [-0.39, 0.29) is 5.54 Å². The molecule has 0 unspecified atom stereocenters. The fourth-order valence-electron chi connectivity index (χ4n) is 2.53. The first-order valence-corrected chi connectivity index (χ1v) is 7.08. The monoisotopic (exact) mass is 225 g/mol. The van der Waals surface area contributed by atoms with Gasteiger partial charge < -0.3 is 5.32 Å². The van der Waals surface area contributed by atoms with Gasteiger partial charge in [0.15, 0.2) is 0 Å². The topological polar surface area (TPSA) is 12.0 Å². The van der Waals surface area contributed by atoms with E-state index >= 15 is 0 Å². The van der Waals surface area contributed by atoms with Crippen molar-refractivity contribution in [3.05, 3.63) is 0 Å². The molecule has 1 heteroatoms. The van der Waals surface area contributed by atoms with Crippen LogP contribution in [-0.4, -0.2) is 12.1 Å². The highest BCUT2D eigenvalue weighted by Crippen LogP contribution is 2.45. The van der Waals surface area contributed by atoms with Gasteiger partial charge in [-0.2, -0.15) is 0 Å². The van der Waals surface area contributed by atoms with Gasteiger partial charge in [0.2, 0.25) is 0 Å². The van der Waals surface area contributed by atoms with Crippen LogP contribution in [-0.2, 0) is 0 Å². The maximum absolute atomic E-state index is 3.70. The maximum atomic E-state index is 3.70. The van der Waals surface area contributed by atoms with Gasteiger partial charge in [-0.1, -0.05) is 33.1 Å². The second-order valence-corrected chi connectivity index (χ2v) is 7.24. The third kappa shape index (κ3) is 4.86. The van der Waals surface area contributed by atoms with Crippen molar-refractivity contribution >= 4 is 0 Å². The lowest BCUT2D eigenvalue weighted by Gasteiger charge is -2.44. The Hall–Kier alpha value is -0.0400. The Bertz CT molecular complexity index is 196. The second kappa shape index (κ2) is 5.53. The van der Waals surface area contributed by atoms with Crippen LogP contribution >= 0.6 is 0 Å². The van der Waals surface area contributed by atoms with Crippen molar-refractivity contribution in [1.82, 2.24) is 5.32 Å². The lowest BCUT2D eigenvalue weighted by Crippen LogP contribution is -2.46. The number of rotatable bonds is 6. The van der Waals surface area contributed by atoms with Crippen molar-refractivity contribution in [3.63, 3.8) is 0 Å². The third-order valence-electron chi connectivity index (χ3n) is 3.90. The van der Waals surface area contributed by atoms with E-state index < -0.39 is 0 Å². The minimum atomic E-state index is 0.278. The average molecular weight is 225 g/mol. The predicted molar refractivity (Wildman–Crippen MR) is 72.7 cm³/mol. The molecule has 1 saturated carbocycles. The molecule has 0 saturated heterocycles. The van der Waals surface area contributed by atoms with Gasteiger partial charge in [-0.3, -0.25) is 0 Å². The molecule has 1 fully saturated rings. The molecule has 1 aliphatic rings. The molecule has 0 aromatic rings. The van der Waals surface area contributed by atoms with Gasteiger partial charge >= 0.3 is 0 Å². The predicted octanol–water partition coefficient (Wildman–Crippen LogP) is 4.37. The van der Waals surface area contributed by atoms with Crippen molar-refractivity contribution in [3.8, 4) is 0 Å². The summed E-state index contributed by atoms with van der Waals surface area (Å²) in [6.45, 7) is 12.7. The quantitative estimate of drug-likeness (QED) is 0.708. The number of hydrogen-bond donors (Lipinski definition) is 1. The Morgan fingerprint density at radius 2 is 1.81 bits per heavy atom. The Labute approximate surface area is 102 Å². The molecule has 96 valence electrons. The van der Waals surface area contributed by atoms with E-state index in [1.54, 1.807) is 0 Å². The molecule has 1 aliphatic carbocycles. The first-order chi connectivity index (χ1) is 7.33. The Morgan fingerprint density at radius 1 is 1.19 bits per heavy atom. The van der Waals surface area contributed by atoms with Gasteiger partial charge in [0.1, 0.15) is 0 Å². The highest BCUT2D eigenvalue weighted by Gasteiger charge is 2.36. The van der Waals surface area contributed by atoms with E-state index in [0.29, 0.717) is 5.41 Å². The van der Waals surface area contributed by atoms with Gasteiger partial charge in [0.05, 0.1) is 0 Å². The molecule has 0 amide bonds. The lowest BCUT2D eigenvalue weighted by molar-refractivity contribution is 0.101. The molecule has 0 bridgehead atoms. The zero-order chi connectivity index (χ0) is 12.2. The van der Waals surface area contributed by atoms with Crippen LogP contribution in [0.1, 0.15) is 73.1 Å². The van der Waals surface area contributed by atoms with Gasteiger partial charge in [-0.05, 0) is 51.4 Å². The lowest BCUT2D eigenvalue weighted by atomic mass is 9.65. The fraction of sp³-hybridized carbons (Fsp3) is 1.00. The minimum Gasteiger partial charge on any atom is -0.312 e. The second-order valence-electron chi connectivity index (χ2n) is 7.24.